The summed E-state index contributed by atoms with van der Waals surface area (Å²) in [6, 6.07) is 19.8. The van der Waals surface area contributed by atoms with E-state index in [1.807, 2.05) is 36.4 Å². The number of hydrogen-bond acceptors (Lipinski definition) is 5. The van der Waals surface area contributed by atoms with Gasteiger partial charge in [-0.2, -0.15) is 5.26 Å². The molecule has 0 unspecified atom stereocenters. The Hall–Kier alpha value is -3.66. The predicted molar refractivity (Wildman–Crippen MR) is 132 cm³/mol. The number of nitriles is 1. The van der Waals surface area contributed by atoms with Gasteiger partial charge in [0.15, 0.2) is 11.5 Å². The minimum Gasteiger partial charge on any atom is -0.497 e. The number of nitrogens with zero attached hydrogens (tertiary/aromatic N) is 1. The summed E-state index contributed by atoms with van der Waals surface area (Å²) in [4.78, 5) is 12.5. The van der Waals surface area contributed by atoms with Crippen molar-refractivity contribution in [3.05, 3.63) is 93.0 Å². The number of carbonyl (C=O) groups excluding carboxylic acids is 1. The number of benzene rings is 3. The Morgan fingerprint density at radius 2 is 1.76 bits per heavy atom. The first kappa shape index (κ1) is 25.0. The average Bonchev–Trinajstić information content (AvgIpc) is 2.86. The van der Waals surface area contributed by atoms with Gasteiger partial charge in [-0.25, -0.2) is 0 Å². The van der Waals surface area contributed by atoms with E-state index in [2.05, 4.69) is 5.32 Å². The van der Waals surface area contributed by atoms with Gasteiger partial charge in [0, 0.05) is 17.1 Å². The van der Waals surface area contributed by atoms with Gasteiger partial charge in [0.2, 0.25) is 0 Å². The highest BCUT2D eigenvalue weighted by atomic mass is 35.5. The number of rotatable bonds is 9. The second kappa shape index (κ2) is 12.0. The molecule has 0 bridgehead atoms. The summed E-state index contributed by atoms with van der Waals surface area (Å²) in [5.74, 6) is 0.913. The van der Waals surface area contributed by atoms with Crippen LogP contribution in [0.4, 0.5) is 0 Å². The van der Waals surface area contributed by atoms with Crippen LogP contribution in [-0.2, 0) is 17.9 Å². The van der Waals surface area contributed by atoms with Crippen molar-refractivity contribution in [1.82, 2.24) is 5.32 Å². The molecule has 0 saturated heterocycles. The zero-order chi connectivity index (χ0) is 24.5. The van der Waals surface area contributed by atoms with Gasteiger partial charge in [0.1, 0.15) is 24.0 Å². The highest BCUT2D eigenvalue weighted by molar-refractivity contribution is 6.32. The van der Waals surface area contributed by atoms with Gasteiger partial charge in [-0.1, -0.05) is 53.5 Å². The summed E-state index contributed by atoms with van der Waals surface area (Å²) in [6.45, 7) is 0.461. The van der Waals surface area contributed by atoms with E-state index >= 15 is 0 Å². The molecule has 0 aliphatic carbocycles. The van der Waals surface area contributed by atoms with E-state index in [1.54, 1.807) is 37.4 Å². The third kappa shape index (κ3) is 6.44. The van der Waals surface area contributed by atoms with Gasteiger partial charge in [0.25, 0.3) is 5.91 Å². The quantitative estimate of drug-likeness (QED) is 0.298. The molecule has 0 heterocycles. The number of nitrogens with one attached hydrogen (secondary N) is 1. The first-order valence-electron chi connectivity index (χ1n) is 10.2. The molecule has 0 aliphatic heterocycles. The predicted octanol–water partition coefficient (Wildman–Crippen LogP) is 5.81. The maximum absolute atomic E-state index is 12.5. The SMILES string of the molecule is COc1ccc(CNC(=O)/C(C#N)=C\c2cc(Cl)c(OCc3ccccc3Cl)c(OC)c2)cc1. The second-order valence-electron chi connectivity index (χ2n) is 7.11. The molecule has 0 aromatic heterocycles. The highest BCUT2D eigenvalue weighted by Gasteiger charge is 2.15. The normalized spacial score (nSPS) is 10.9. The zero-order valence-electron chi connectivity index (χ0n) is 18.6. The molecule has 34 heavy (non-hydrogen) atoms. The molecule has 1 amide bonds. The largest absolute Gasteiger partial charge is 0.497 e. The third-order valence-electron chi connectivity index (χ3n) is 4.87. The van der Waals surface area contributed by atoms with E-state index in [9.17, 15) is 10.1 Å². The zero-order valence-corrected chi connectivity index (χ0v) is 20.1. The van der Waals surface area contributed by atoms with Crippen LogP contribution in [0.15, 0.2) is 66.2 Å². The topological polar surface area (TPSA) is 80.6 Å². The molecule has 0 atom stereocenters. The second-order valence-corrected chi connectivity index (χ2v) is 7.93. The molecular weight excluding hydrogens is 475 g/mol. The number of halogens is 2. The number of ether oxygens (including phenoxy) is 3. The summed E-state index contributed by atoms with van der Waals surface area (Å²) in [5, 5.41) is 13.1. The van der Waals surface area contributed by atoms with Crippen LogP contribution in [0.5, 0.6) is 17.2 Å². The van der Waals surface area contributed by atoms with Gasteiger partial charge in [-0.3, -0.25) is 4.79 Å². The van der Waals surface area contributed by atoms with Crippen molar-refractivity contribution in [2.75, 3.05) is 14.2 Å². The van der Waals surface area contributed by atoms with Crippen LogP contribution in [0.1, 0.15) is 16.7 Å². The van der Waals surface area contributed by atoms with E-state index in [0.717, 1.165) is 16.9 Å². The molecule has 0 aliphatic rings. The maximum atomic E-state index is 12.5. The third-order valence-corrected chi connectivity index (χ3v) is 5.52. The minimum atomic E-state index is -0.507. The Morgan fingerprint density at radius 3 is 2.41 bits per heavy atom. The van der Waals surface area contributed by atoms with Crippen molar-refractivity contribution < 1.29 is 19.0 Å². The highest BCUT2D eigenvalue weighted by Crippen LogP contribution is 2.38. The van der Waals surface area contributed by atoms with Crippen molar-refractivity contribution in [3.8, 4) is 23.3 Å². The first-order valence-corrected chi connectivity index (χ1v) is 11.0. The smallest absolute Gasteiger partial charge is 0.262 e. The fourth-order valence-corrected chi connectivity index (χ4v) is 3.53. The molecule has 174 valence electrons. The fraction of sp³-hybridized carbons (Fsp3) is 0.154. The van der Waals surface area contributed by atoms with Gasteiger partial charge < -0.3 is 19.5 Å². The Balaban J connectivity index is 1.74. The monoisotopic (exact) mass is 496 g/mol. The number of methoxy groups -OCH3 is 2. The molecule has 1 N–H and O–H groups in total. The summed E-state index contributed by atoms with van der Waals surface area (Å²) < 4.78 is 16.4. The van der Waals surface area contributed by atoms with Crippen molar-refractivity contribution in [1.29, 1.82) is 5.26 Å². The Labute approximate surface area is 208 Å². The summed E-state index contributed by atoms with van der Waals surface area (Å²) in [7, 11) is 3.06. The first-order chi connectivity index (χ1) is 16.4. The average molecular weight is 497 g/mol. The molecule has 0 spiro atoms. The maximum Gasteiger partial charge on any atom is 0.262 e. The van der Waals surface area contributed by atoms with E-state index in [-0.39, 0.29) is 23.7 Å². The van der Waals surface area contributed by atoms with Crippen molar-refractivity contribution in [3.63, 3.8) is 0 Å². The van der Waals surface area contributed by atoms with E-state index < -0.39 is 5.91 Å². The van der Waals surface area contributed by atoms with E-state index in [1.165, 1.54) is 13.2 Å². The number of amides is 1. The van der Waals surface area contributed by atoms with Gasteiger partial charge in [0.05, 0.1) is 19.2 Å². The lowest BCUT2D eigenvalue weighted by atomic mass is 10.1. The number of hydrogen-bond donors (Lipinski definition) is 1. The van der Waals surface area contributed by atoms with Crippen LogP contribution in [0.3, 0.4) is 0 Å². The Morgan fingerprint density at radius 1 is 1.03 bits per heavy atom. The lowest BCUT2D eigenvalue weighted by Crippen LogP contribution is -2.23. The minimum absolute atomic E-state index is 0.0728. The molecular formula is C26H22Cl2N2O4. The molecule has 0 saturated carbocycles. The van der Waals surface area contributed by atoms with E-state index in [4.69, 9.17) is 37.4 Å². The molecule has 8 heteroatoms. The lowest BCUT2D eigenvalue weighted by molar-refractivity contribution is -0.117. The molecule has 0 radical (unpaired) electrons. The summed E-state index contributed by atoms with van der Waals surface area (Å²) in [5.41, 5.74) is 2.11. The molecule has 0 fully saturated rings. The van der Waals surface area contributed by atoms with Crippen molar-refractivity contribution in [2.24, 2.45) is 0 Å². The van der Waals surface area contributed by atoms with Crippen LogP contribution in [0, 0.1) is 11.3 Å². The molecule has 3 rings (SSSR count). The van der Waals surface area contributed by atoms with Crippen LogP contribution in [-0.4, -0.2) is 20.1 Å². The number of carbonyl (C=O) groups is 1. The van der Waals surface area contributed by atoms with Gasteiger partial charge in [-0.15, -0.1) is 0 Å². The van der Waals surface area contributed by atoms with E-state index in [0.29, 0.717) is 22.1 Å². The van der Waals surface area contributed by atoms with Crippen LogP contribution in [0.25, 0.3) is 6.08 Å². The lowest BCUT2D eigenvalue weighted by Gasteiger charge is -2.14. The van der Waals surface area contributed by atoms with Crippen molar-refractivity contribution in [2.45, 2.75) is 13.2 Å². The summed E-state index contributed by atoms with van der Waals surface area (Å²) >= 11 is 12.6. The van der Waals surface area contributed by atoms with Crippen LogP contribution < -0.4 is 19.5 Å². The summed E-state index contributed by atoms with van der Waals surface area (Å²) in [6.07, 6.45) is 1.44. The Kier molecular flexibility index (Phi) is 8.80. The standard InChI is InChI=1S/C26H22Cl2N2O4/c1-32-21-9-7-17(8-10-21)15-30-26(31)20(14-29)11-18-12-23(28)25(24(13-18)33-2)34-16-19-5-3-4-6-22(19)27/h3-13H,15-16H2,1-2H3,(H,30,31)/b20-11-. The molecule has 6 nitrogen and oxygen atoms in total. The fourth-order valence-electron chi connectivity index (χ4n) is 3.06. The van der Waals surface area contributed by atoms with Crippen molar-refractivity contribution >= 4 is 35.2 Å². The molecule has 3 aromatic rings. The van der Waals surface area contributed by atoms with Crippen LogP contribution in [0.2, 0.25) is 10.0 Å². The Bertz CT molecular complexity index is 1230. The molecule has 3 aromatic carbocycles. The van der Waals surface area contributed by atoms with Gasteiger partial charge in [-0.05, 0) is 47.5 Å². The van der Waals surface area contributed by atoms with Crippen LogP contribution >= 0.6 is 23.2 Å². The van der Waals surface area contributed by atoms with Gasteiger partial charge >= 0.3 is 0 Å².